The van der Waals surface area contributed by atoms with Crippen molar-refractivity contribution in [1.29, 1.82) is 0 Å². The van der Waals surface area contributed by atoms with Gasteiger partial charge in [-0.05, 0) is 31.9 Å². The van der Waals surface area contributed by atoms with Crippen LogP contribution in [-0.2, 0) is 16.3 Å². The van der Waals surface area contributed by atoms with Gasteiger partial charge in [-0.1, -0.05) is 0 Å². The standard InChI is InChI=1S/C17H23N3O3.ClH/c1-12-13(2)20(11-22-3)16-14(12)6-7-18-17(16)23-10-9-19-8-4-5-15(19)21;/h6-7H,4-5,8-11H2,1-3H3;1H. The number of pyridine rings is 1. The Kier molecular flexibility index (Phi) is 6.07. The van der Waals surface area contributed by atoms with Crippen LogP contribution in [0.25, 0.3) is 10.9 Å². The molecule has 24 heavy (non-hydrogen) atoms. The maximum Gasteiger partial charge on any atom is 0.238 e. The maximum absolute atomic E-state index is 11.7. The molecule has 0 radical (unpaired) electrons. The Morgan fingerprint density at radius 2 is 2.12 bits per heavy atom. The van der Waals surface area contributed by atoms with Gasteiger partial charge in [-0.2, -0.15) is 0 Å². The van der Waals surface area contributed by atoms with E-state index in [-0.39, 0.29) is 18.3 Å². The van der Waals surface area contributed by atoms with Gasteiger partial charge in [0.1, 0.15) is 18.9 Å². The number of halogens is 1. The number of ether oxygens (including phenoxy) is 2. The predicted octanol–water partition coefficient (Wildman–Crippen LogP) is 2.68. The molecule has 2 aromatic heterocycles. The molecule has 0 bridgehead atoms. The first-order valence-electron chi connectivity index (χ1n) is 7.97. The summed E-state index contributed by atoms with van der Waals surface area (Å²) in [7, 11) is 1.68. The number of aromatic nitrogens is 2. The topological polar surface area (TPSA) is 56.6 Å². The van der Waals surface area contributed by atoms with Crippen molar-refractivity contribution in [2.75, 3.05) is 26.8 Å². The third-order valence-electron chi connectivity index (χ3n) is 4.54. The lowest BCUT2D eigenvalue weighted by atomic mass is 10.2. The van der Waals surface area contributed by atoms with Crippen LogP contribution in [0, 0.1) is 13.8 Å². The second-order valence-electron chi connectivity index (χ2n) is 5.90. The van der Waals surface area contributed by atoms with Crippen LogP contribution in [0.15, 0.2) is 12.3 Å². The monoisotopic (exact) mass is 353 g/mol. The molecule has 1 amide bonds. The summed E-state index contributed by atoms with van der Waals surface area (Å²) in [6.45, 7) is 6.52. The summed E-state index contributed by atoms with van der Waals surface area (Å²) in [6.07, 6.45) is 3.37. The second kappa shape index (κ2) is 7.85. The number of amides is 1. The highest BCUT2D eigenvalue weighted by atomic mass is 35.5. The van der Waals surface area contributed by atoms with Gasteiger partial charge in [0.25, 0.3) is 0 Å². The molecule has 1 aliphatic heterocycles. The van der Waals surface area contributed by atoms with Gasteiger partial charge in [-0.15, -0.1) is 12.4 Å². The molecule has 3 heterocycles. The fraction of sp³-hybridized carbons (Fsp3) is 0.529. The Balaban J connectivity index is 0.00000208. The second-order valence-corrected chi connectivity index (χ2v) is 5.90. The Labute approximate surface area is 148 Å². The lowest BCUT2D eigenvalue weighted by molar-refractivity contribution is -0.128. The van der Waals surface area contributed by atoms with Crippen LogP contribution in [0.2, 0.25) is 0 Å². The highest BCUT2D eigenvalue weighted by molar-refractivity contribution is 5.88. The summed E-state index contributed by atoms with van der Waals surface area (Å²) in [5, 5.41) is 1.13. The predicted molar refractivity (Wildman–Crippen MR) is 94.8 cm³/mol. The van der Waals surface area contributed by atoms with Crippen LogP contribution in [0.5, 0.6) is 5.88 Å². The highest BCUT2D eigenvalue weighted by Gasteiger charge is 2.20. The van der Waals surface area contributed by atoms with Crippen molar-refractivity contribution >= 4 is 29.2 Å². The lowest BCUT2D eigenvalue weighted by Gasteiger charge is -2.16. The first kappa shape index (κ1) is 18.5. The van der Waals surface area contributed by atoms with E-state index in [1.54, 1.807) is 13.3 Å². The minimum atomic E-state index is 0. The third-order valence-corrected chi connectivity index (χ3v) is 4.54. The molecule has 0 aromatic carbocycles. The van der Waals surface area contributed by atoms with Gasteiger partial charge >= 0.3 is 0 Å². The molecule has 3 rings (SSSR count). The van der Waals surface area contributed by atoms with E-state index in [9.17, 15) is 4.79 Å². The van der Waals surface area contributed by atoms with E-state index in [0.29, 0.717) is 32.2 Å². The number of fused-ring (bicyclic) bond motifs is 1. The Morgan fingerprint density at radius 1 is 1.33 bits per heavy atom. The summed E-state index contributed by atoms with van der Waals surface area (Å²) in [4.78, 5) is 17.9. The van der Waals surface area contributed by atoms with Crippen molar-refractivity contribution in [3.63, 3.8) is 0 Å². The van der Waals surface area contributed by atoms with Crippen molar-refractivity contribution in [2.24, 2.45) is 0 Å². The highest BCUT2D eigenvalue weighted by Crippen LogP contribution is 2.30. The molecule has 0 unspecified atom stereocenters. The molecule has 0 aliphatic carbocycles. The molecule has 6 nitrogen and oxygen atoms in total. The molecule has 2 aromatic rings. The molecule has 0 spiro atoms. The average molecular weight is 354 g/mol. The normalized spacial score (nSPS) is 14.3. The fourth-order valence-corrected chi connectivity index (χ4v) is 3.15. The van der Waals surface area contributed by atoms with Crippen LogP contribution in [0.1, 0.15) is 24.1 Å². The SMILES string of the molecule is COCn1c(C)c(C)c2ccnc(OCCN3CCCC3=O)c21.Cl. The lowest BCUT2D eigenvalue weighted by Crippen LogP contribution is -2.29. The number of hydrogen-bond acceptors (Lipinski definition) is 4. The van der Waals surface area contributed by atoms with Gasteiger partial charge in [0, 0.05) is 37.4 Å². The van der Waals surface area contributed by atoms with E-state index in [0.717, 1.165) is 29.6 Å². The molecule has 0 N–H and O–H groups in total. The smallest absolute Gasteiger partial charge is 0.238 e. The molecule has 1 saturated heterocycles. The molecular formula is C17H24ClN3O3. The van der Waals surface area contributed by atoms with Crippen molar-refractivity contribution < 1.29 is 14.3 Å². The number of rotatable bonds is 6. The largest absolute Gasteiger partial charge is 0.474 e. The number of methoxy groups -OCH3 is 1. The van der Waals surface area contributed by atoms with Crippen LogP contribution in [-0.4, -0.2) is 47.2 Å². The number of likely N-dealkylation sites (tertiary alicyclic amines) is 1. The Hall–Kier alpha value is -1.79. The first-order valence-corrected chi connectivity index (χ1v) is 7.97. The van der Waals surface area contributed by atoms with Crippen LogP contribution < -0.4 is 4.74 Å². The van der Waals surface area contributed by atoms with Gasteiger partial charge < -0.3 is 18.9 Å². The van der Waals surface area contributed by atoms with E-state index in [2.05, 4.69) is 23.4 Å². The van der Waals surface area contributed by atoms with Gasteiger partial charge in [0.15, 0.2) is 0 Å². The fourth-order valence-electron chi connectivity index (χ4n) is 3.15. The van der Waals surface area contributed by atoms with Gasteiger partial charge in [0.05, 0.1) is 6.54 Å². The summed E-state index contributed by atoms with van der Waals surface area (Å²) in [6, 6.07) is 2.00. The number of aryl methyl sites for hydroxylation is 1. The van der Waals surface area contributed by atoms with Gasteiger partial charge in [-0.25, -0.2) is 4.98 Å². The third kappa shape index (κ3) is 3.35. The van der Waals surface area contributed by atoms with Crippen LogP contribution in [0.3, 0.4) is 0 Å². The zero-order valence-corrected chi connectivity index (χ0v) is 15.2. The summed E-state index contributed by atoms with van der Waals surface area (Å²) >= 11 is 0. The summed E-state index contributed by atoms with van der Waals surface area (Å²) in [5.74, 6) is 0.816. The van der Waals surface area contributed by atoms with Crippen molar-refractivity contribution in [2.45, 2.75) is 33.4 Å². The van der Waals surface area contributed by atoms with E-state index in [1.807, 2.05) is 11.0 Å². The summed E-state index contributed by atoms with van der Waals surface area (Å²) < 4.78 is 13.3. The molecule has 0 atom stereocenters. The first-order chi connectivity index (χ1) is 11.1. The van der Waals surface area contributed by atoms with Gasteiger partial charge in [0.2, 0.25) is 11.8 Å². The molecule has 132 valence electrons. The number of carbonyl (C=O) groups excluding carboxylic acids is 1. The van der Waals surface area contributed by atoms with Crippen molar-refractivity contribution in [3.05, 3.63) is 23.5 Å². The molecule has 0 saturated carbocycles. The minimum Gasteiger partial charge on any atom is -0.474 e. The quantitative estimate of drug-likeness (QED) is 0.801. The van der Waals surface area contributed by atoms with Crippen LogP contribution >= 0.6 is 12.4 Å². The van der Waals surface area contributed by atoms with E-state index < -0.39 is 0 Å². The van der Waals surface area contributed by atoms with Crippen LogP contribution in [0.4, 0.5) is 0 Å². The Bertz CT molecular complexity index is 729. The molecular weight excluding hydrogens is 330 g/mol. The molecule has 7 heteroatoms. The minimum absolute atomic E-state index is 0. The molecule has 1 fully saturated rings. The number of nitrogens with zero attached hydrogens (tertiary/aromatic N) is 3. The van der Waals surface area contributed by atoms with Gasteiger partial charge in [-0.3, -0.25) is 4.79 Å². The Morgan fingerprint density at radius 3 is 2.79 bits per heavy atom. The van der Waals surface area contributed by atoms with E-state index in [4.69, 9.17) is 9.47 Å². The number of hydrogen-bond donors (Lipinski definition) is 0. The zero-order chi connectivity index (χ0) is 16.4. The zero-order valence-electron chi connectivity index (χ0n) is 14.4. The summed E-state index contributed by atoms with van der Waals surface area (Å²) in [5.41, 5.74) is 3.31. The van der Waals surface area contributed by atoms with E-state index in [1.165, 1.54) is 5.56 Å². The molecule has 1 aliphatic rings. The maximum atomic E-state index is 11.7. The average Bonchev–Trinajstić information content (AvgIpc) is 3.06. The van der Waals surface area contributed by atoms with E-state index >= 15 is 0 Å². The van der Waals surface area contributed by atoms with Crippen molar-refractivity contribution in [3.8, 4) is 5.88 Å². The van der Waals surface area contributed by atoms with Crippen molar-refractivity contribution in [1.82, 2.24) is 14.5 Å². The number of carbonyl (C=O) groups is 1.